The van der Waals surface area contributed by atoms with Crippen molar-refractivity contribution in [3.8, 4) is 0 Å². The molecule has 0 aromatic heterocycles. The molecule has 7 nitrogen and oxygen atoms in total. The van der Waals surface area contributed by atoms with Crippen LogP contribution < -0.4 is 4.90 Å². The van der Waals surface area contributed by atoms with Gasteiger partial charge in [0.15, 0.2) is 0 Å². The molecule has 0 spiro atoms. The van der Waals surface area contributed by atoms with Crippen LogP contribution in [0, 0.1) is 10.1 Å². The Labute approximate surface area is 122 Å². The number of carbonyl (C=O) groups is 1. The maximum absolute atomic E-state index is 11.2. The first kappa shape index (κ1) is 15.2. The number of anilines is 1. The summed E-state index contributed by atoms with van der Waals surface area (Å²) in [7, 11) is 3.95. The lowest BCUT2D eigenvalue weighted by atomic mass is 10.0. The van der Waals surface area contributed by atoms with Gasteiger partial charge in [0.25, 0.3) is 5.69 Å². The summed E-state index contributed by atoms with van der Waals surface area (Å²) in [6.07, 6.45) is 2.12. The molecule has 1 atom stereocenters. The number of nitro benzene ring substituents is 1. The Hall–Kier alpha value is -2.15. The highest BCUT2D eigenvalue weighted by molar-refractivity contribution is 5.93. The number of nitrogens with zero attached hydrogens (tertiary/aromatic N) is 3. The van der Waals surface area contributed by atoms with Crippen molar-refractivity contribution in [3.05, 3.63) is 33.9 Å². The average molecular weight is 293 g/mol. The van der Waals surface area contributed by atoms with E-state index in [1.807, 2.05) is 11.9 Å². The highest BCUT2D eigenvalue weighted by Gasteiger charge is 2.25. The van der Waals surface area contributed by atoms with E-state index in [9.17, 15) is 14.9 Å². The highest BCUT2D eigenvalue weighted by Crippen LogP contribution is 2.27. The molecular weight excluding hydrogens is 274 g/mol. The lowest BCUT2D eigenvalue weighted by molar-refractivity contribution is -0.385. The van der Waals surface area contributed by atoms with Gasteiger partial charge in [-0.1, -0.05) is 0 Å². The highest BCUT2D eigenvalue weighted by atomic mass is 16.6. The van der Waals surface area contributed by atoms with Crippen molar-refractivity contribution in [3.63, 3.8) is 0 Å². The van der Waals surface area contributed by atoms with Gasteiger partial charge in [0.05, 0.1) is 4.92 Å². The van der Waals surface area contributed by atoms with E-state index in [-0.39, 0.29) is 17.3 Å². The molecule has 1 saturated heterocycles. The molecule has 0 bridgehead atoms. The van der Waals surface area contributed by atoms with E-state index in [2.05, 4.69) is 11.9 Å². The van der Waals surface area contributed by atoms with Gasteiger partial charge < -0.3 is 14.9 Å². The molecule has 7 heteroatoms. The molecule has 1 unspecified atom stereocenters. The number of likely N-dealkylation sites (tertiary alicyclic amines) is 1. The average Bonchev–Trinajstić information content (AvgIpc) is 2.45. The van der Waals surface area contributed by atoms with Gasteiger partial charge in [0.2, 0.25) is 0 Å². The first-order chi connectivity index (χ1) is 9.90. The Bertz CT molecular complexity index is 561. The third kappa shape index (κ3) is 3.30. The maximum Gasteiger partial charge on any atom is 0.342 e. The second kappa shape index (κ2) is 6.09. The number of benzene rings is 1. The predicted molar refractivity (Wildman–Crippen MR) is 79.0 cm³/mol. The molecule has 1 N–H and O–H groups in total. The third-order valence-electron chi connectivity index (χ3n) is 3.96. The summed E-state index contributed by atoms with van der Waals surface area (Å²) in [5.74, 6) is -1.28. The molecule has 0 aliphatic carbocycles. The van der Waals surface area contributed by atoms with Gasteiger partial charge in [0.1, 0.15) is 5.56 Å². The van der Waals surface area contributed by atoms with E-state index < -0.39 is 10.9 Å². The zero-order valence-corrected chi connectivity index (χ0v) is 12.2. The van der Waals surface area contributed by atoms with Crippen LogP contribution in [0.1, 0.15) is 23.2 Å². The second-order valence-corrected chi connectivity index (χ2v) is 5.43. The van der Waals surface area contributed by atoms with Crippen molar-refractivity contribution in [1.29, 1.82) is 0 Å². The lowest BCUT2D eigenvalue weighted by Crippen LogP contribution is -2.45. The van der Waals surface area contributed by atoms with Crippen LogP contribution in [0.5, 0.6) is 0 Å². The van der Waals surface area contributed by atoms with Gasteiger partial charge in [-0.3, -0.25) is 10.1 Å². The van der Waals surface area contributed by atoms with E-state index in [0.717, 1.165) is 25.9 Å². The van der Waals surface area contributed by atoms with E-state index in [0.29, 0.717) is 5.69 Å². The molecule has 1 aliphatic rings. The van der Waals surface area contributed by atoms with Crippen molar-refractivity contribution in [1.82, 2.24) is 4.90 Å². The van der Waals surface area contributed by atoms with Gasteiger partial charge in [-0.15, -0.1) is 0 Å². The minimum atomic E-state index is -1.28. The minimum absolute atomic E-state index is 0.270. The van der Waals surface area contributed by atoms with Crippen LogP contribution in [0.25, 0.3) is 0 Å². The molecule has 0 amide bonds. The largest absolute Gasteiger partial charge is 0.477 e. The fourth-order valence-corrected chi connectivity index (χ4v) is 2.74. The topological polar surface area (TPSA) is 86.9 Å². The number of carboxylic acids is 1. The van der Waals surface area contributed by atoms with Gasteiger partial charge in [-0.05, 0) is 38.6 Å². The maximum atomic E-state index is 11.2. The summed E-state index contributed by atoms with van der Waals surface area (Å²) in [5.41, 5.74) is 0.0484. The molecular formula is C14H19N3O4. The number of nitro groups is 1. The van der Waals surface area contributed by atoms with Gasteiger partial charge in [-0.2, -0.15) is 0 Å². The zero-order valence-electron chi connectivity index (χ0n) is 12.2. The number of piperidine rings is 1. The summed E-state index contributed by atoms with van der Waals surface area (Å²) < 4.78 is 0. The van der Waals surface area contributed by atoms with Crippen LogP contribution in [0.15, 0.2) is 18.2 Å². The van der Waals surface area contributed by atoms with Gasteiger partial charge in [0, 0.05) is 31.4 Å². The fourth-order valence-electron chi connectivity index (χ4n) is 2.74. The number of carboxylic acid groups (broad SMARTS) is 1. The molecule has 1 aromatic rings. The van der Waals surface area contributed by atoms with E-state index in [4.69, 9.17) is 5.11 Å². The fraction of sp³-hybridized carbons (Fsp3) is 0.500. The second-order valence-electron chi connectivity index (χ2n) is 5.43. The molecule has 114 valence electrons. The quantitative estimate of drug-likeness (QED) is 0.673. The van der Waals surface area contributed by atoms with Crippen LogP contribution in [-0.4, -0.2) is 54.1 Å². The summed E-state index contributed by atoms with van der Waals surface area (Å²) >= 11 is 0. The number of rotatable bonds is 4. The first-order valence-corrected chi connectivity index (χ1v) is 6.83. The Morgan fingerprint density at radius 1 is 1.52 bits per heavy atom. The van der Waals surface area contributed by atoms with Crippen molar-refractivity contribution < 1.29 is 14.8 Å². The molecule has 0 radical (unpaired) electrons. The number of hydrogen-bond donors (Lipinski definition) is 1. The van der Waals surface area contributed by atoms with E-state index in [1.54, 1.807) is 6.07 Å². The minimum Gasteiger partial charge on any atom is -0.477 e. The monoisotopic (exact) mass is 293 g/mol. The van der Waals surface area contributed by atoms with Crippen molar-refractivity contribution >= 4 is 17.3 Å². The lowest BCUT2D eigenvalue weighted by Gasteiger charge is -2.37. The zero-order chi connectivity index (χ0) is 15.6. The van der Waals surface area contributed by atoms with Crippen LogP contribution in [0.4, 0.5) is 11.4 Å². The molecule has 1 aliphatic heterocycles. The van der Waals surface area contributed by atoms with Gasteiger partial charge in [-0.25, -0.2) is 4.79 Å². The molecule has 1 fully saturated rings. The Kier molecular flexibility index (Phi) is 4.42. The van der Waals surface area contributed by atoms with E-state index >= 15 is 0 Å². The molecule has 1 aromatic carbocycles. The molecule has 0 saturated carbocycles. The smallest absolute Gasteiger partial charge is 0.342 e. The van der Waals surface area contributed by atoms with Crippen LogP contribution >= 0.6 is 0 Å². The number of hydrogen-bond acceptors (Lipinski definition) is 5. The Morgan fingerprint density at radius 2 is 2.24 bits per heavy atom. The third-order valence-corrected chi connectivity index (χ3v) is 3.96. The van der Waals surface area contributed by atoms with Crippen molar-refractivity contribution in [2.45, 2.75) is 18.9 Å². The van der Waals surface area contributed by atoms with Crippen LogP contribution in [0.2, 0.25) is 0 Å². The summed E-state index contributed by atoms with van der Waals surface area (Å²) in [6, 6.07) is 4.54. The number of likely N-dealkylation sites (N-methyl/N-ethyl adjacent to an activating group) is 2. The van der Waals surface area contributed by atoms with Crippen molar-refractivity contribution in [2.75, 3.05) is 32.1 Å². The van der Waals surface area contributed by atoms with Crippen LogP contribution in [0.3, 0.4) is 0 Å². The molecule has 2 rings (SSSR count). The molecule has 21 heavy (non-hydrogen) atoms. The number of aromatic carboxylic acids is 1. The Morgan fingerprint density at radius 3 is 2.81 bits per heavy atom. The first-order valence-electron chi connectivity index (χ1n) is 6.83. The predicted octanol–water partition coefficient (Wildman–Crippen LogP) is 1.82. The summed E-state index contributed by atoms with van der Waals surface area (Å²) in [5, 5.41) is 20.0. The molecule has 1 heterocycles. The summed E-state index contributed by atoms with van der Waals surface area (Å²) in [6.45, 7) is 1.96. The van der Waals surface area contributed by atoms with E-state index in [1.165, 1.54) is 12.1 Å². The van der Waals surface area contributed by atoms with Gasteiger partial charge >= 0.3 is 5.97 Å². The summed E-state index contributed by atoms with van der Waals surface area (Å²) in [4.78, 5) is 25.6. The standard InChI is InChI=1S/C14H19N3O4/c1-15-7-3-4-11(9-15)16(2)10-5-6-13(17(20)21)12(8-10)14(18)19/h5-6,8,11H,3-4,7,9H2,1-2H3,(H,18,19). The van der Waals surface area contributed by atoms with Crippen molar-refractivity contribution in [2.24, 2.45) is 0 Å². The van der Waals surface area contributed by atoms with Crippen LogP contribution in [-0.2, 0) is 0 Å². The SMILES string of the molecule is CN1CCCC(N(C)c2ccc([N+](=O)[O-])c(C(=O)O)c2)C1. The Balaban J connectivity index is 2.29. The normalized spacial score (nSPS) is 19.2.